The molecule has 144 valence electrons. The van der Waals surface area contributed by atoms with Crippen LogP contribution in [0.15, 0.2) is 65.5 Å². The van der Waals surface area contributed by atoms with Crippen LogP contribution in [0.2, 0.25) is 5.02 Å². The first-order valence-corrected chi connectivity index (χ1v) is 10.8. The molecule has 0 amide bonds. The van der Waals surface area contributed by atoms with Crippen LogP contribution < -0.4 is 5.32 Å². The number of hydrogen-bond donors (Lipinski definition) is 2. The van der Waals surface area contributed by atoms with Gasteiger partial charge in [-0.05, 0) is 70.8 Å². The summed E-state index contributed by atoms with van der Waals surface area (Å²) in [4.78, 5) is 0. The fourth-order valence-electron chi connectivity index (χ4n) is 3.65. The molecule has 1 fully saturated rings. The van der Waals surface area contributed by atoms with E-state index < -0.39 is 4.33 Å². The van der Waals surface area contributed by atoms with Crippen molar-refractivity contribution in [2.45, 2.75) is 17.2 Å². The van der Waals surface area contributed by atoms with Gasteiger partial charge in [0.05, 0.1) is 0 Å². The summed E-state index contributed by atoms with van der Waals surface area (Å²) in [5, 5.41) is 18.1. The predicted octanol–water partition coefficient (Wildman–Crippen LogP) is 7.60. The second kappa shape index (κ2) is 7.31. The Kier molecular flexibility index (Phi) is 5.13. The highest BCUT2D eigenvalue weighted by Gasteiger charge is 2.65. The number of alkyl halides is 2. The zero-order valence-corrected chi connectivity index (χ0v) is 18.1. The van der Waals surface area contributed by atoms with Crippen LogP contribution in [0.1, 0.15) is 17.0 Å². The average molecular weight is 451 g/mol. The molecule has 4 rings (SSSR count). The Morgan fingerprint density at radius 1 is 1.18 bits per heavy atom. The van der Waals surface area contributed by atoms with Crippen molar-refractivity contribution in [2.24, 2.45) is 5.92 Å². The molecular formula is C22H18Cl3NOS. The van der Waals surface area contributed by atoms with Gasteiger partial charge in [-0.1, -0.05) is 24.2 Å². The van der Waals surface area contributed by atoms with Crippen LogP contribution >= 0.6 is 46.1 Å². The fourth-order valence-corrected chi connectivity index (χ4v) is 5.49. The Balaban J connectivity index is 1.57. The van der Waals surface area contributed by atoms with Crippen LogP contribution in [0.3, 0.4) is 0 Å². The lowest BCUT2D eigenvalue weighted by Gasteiger charge is -2.12. The highest BCUT2D eigenvalue weighted by atomic mass is 35.5. The highest BCUT2D eigenvalue weighted by Crippen LogP contribution is 2.67. The average Bonchev–Trinajstić information content (AvgIpc) is 2.95. The molecule has 1 saturated carbocycles. The van der Waals surface area contributed by atoms with Crippen molar-refractivity contribution >= 4 is 51.8 Å². The van der Waals surface area contributed by atoms with Gasteiger partial charge in [-0.2, -0.15) is 11.3 Å². The van der Waals surface area contributed by atoms with Gasteiger partial charge in [-0.3, -0.25) is 0 Å². The monoisotopic (exact) mass is 449 g/mol. The normalized spacial score (nSPS) is 20.0. The summed E-state index contributed by atoms with van der Waals surface area (Å²) in [6.07, 6.45) is 0. The van der Waals surface area contributed by atoms with E-state index in [0.29, 0.717) is 5.02 Å². The summed E-state index contributed by atoms with van der Waals surface area (Å²) >= 11 is 21.0. The van der Waals surface area contributed by atoms with Gasteiger partial charge in [0.25, 0.3) is 0 Å². The minimum Gasteiger partial charge on any atom is -0.507 e. The molecule has 0 radical (unpaired) electrons. The Morgan fingerprint density at radius 3 is 2.64 bits per heavy atom. The van der Waals surface area contributed by atoms with Crippen molar-refractivity contribution in [1.82, 2.24) is 0 Å². The van der Waals surface area contributed by atoms with Crippen LogP contribution in [-0.4, -0.2) is 9.44 Å². The van der Waals surface area contributed by atoms with E-state index in [-0.39, 0.29) is 17.6 Å². The molecule has 2 unspecified atom stereocenters. The second-order valence-electron chi connectivity index (χ2n) is 7.09. The molecule has 1 heterocycles. The van der Waals surface area contributed by atoms with E-state index >= 15 is 0 Å². The van der Waals surface area contributed by atoms with E-state index in [4.69, 9.17) is 34.8 Å². The van der Waals surface area contributed by atoms with Gasteiger partial charge in [0, 0.05) is 33.8 Å². The van der Waals surface area contributed by atoms with Gasteiger partial charge < -0.3 is 10.4 Å². The van der Waals surface area contributed by atoms with Gasteiger partial charge in [-0.15, -0.1) is 23.2 Å². The number of anilines is 1. The maximum absolute atomic E-state index is 10.2. The van der Waals surface area contributed by atoms with Gasteiger partial charge in [-0.25, -0.2) is 0 Å². The van der Waals surface area contributed by atoms with Crippen LogP contribution in [0.4, 0.5) is 5.69 Å². The first-order chi connectivity index (χ1) is 13.3. The number of rotatable bonds is 5. The van der Waals surface area contributed by atoms with E-state index in [1.54, 1.807) is 23.5 Å². The summed E-state index contributed by atoms with van der Waals surface area (Å²) in [5.41, 5.74) is 5.36. The molecule has 28 heavy (non-hydrogen) atoms. The maximum Gasteiger partial charge on any atom is 0.134 e. The number of phenols is 1. The molecule has 1 aliphatic rings. The zero-order valence-electron chi connectivity index (χ0n) is 15.0. The van der Waals surface area contributed by atoms with Crippen molar-refractivity contribution in [3.63, 3.8) is 0 Å². The molecule has 2 N–H and O–H groups in total. The Hall–Kier alpha value is -1.65. The van der Waals surface area contributed by atoms with E-state index in [2.05, 4.69) is 18.0 Å². The Bertz CT molecular complexity index is 1030. The highest BCUT2D eigenvalue weighted by molar-refractivity contribution is 7.08. The van der Waals surface area contributed by atoms with Gasteiger partial charge in [0.15, 0.2) is 0 Å². The number of hydrogen-bond acceptors (Lipinski definition) is 3. The van der Waals surface area contributed by atoms with Crippen LogP contribution in [0, 0.1) is 12.8 Å². The third-order valence-electron chi connectivity index (χ3n) is 4.99. The molecular weight excluding hydrogens is 433 g/mol. The largest absolute Gasteiger partial charge is 0.507 e. The number of aryl methyl sites for hydroxylation is 1. The molecule has 2 aromatic carbocycles. The summed E-state index contributed by atoms with van der Waals surface area (Å²) < 4.78 is -0.936. The smallest absolute Gasteiger partial charge is 0.134 e. The standard InChI is InChI=1S/C22H18Cl3NOS/c1-12-7-15(9-16(23)8-12)21-20(22(21,24)25)13(2)26-17-3-4-19(27)18(10-17)14-5-6-28-11-14/h3-11,20-21,26-27H,2H2,1H3. The molecule has 2 atom stereocenters. The second-order valence-corrected chi connectivity index (χ2v) is 9.75. The molecule has 0 saturated heterocycles. The molecule has 0 aliphatic heterocycles. The third kappa shape index (κ3) is 3.65. The van der Waals surface area contributed by atoms with Crippen molar-refractivity contribution in [2.75, 3.05) is 5.32 Å². The molecule has 6 heteroatoms. The third-order valence-corrected chi connectivity index (χ3v) is 6.83. The molecule has 0 spiro atoms. The van der Waals surface area contributed by atoms with E-state index in [0.717, 1.165) is 33.6 Å². The minimum atomic E-state index is -0.936. The SMILES string of the molecule is C=C(Nc1ccc(O)c(-c2ccsc2)c1)C1C(c2cc(C)cc(Cl)c2)C1(Cl)Cl. The van der Waals surface area contributed by atoms with E-state index in [9.17, 15) is 5.11 Å². The van der Waals surface area contributed by atoms with E-state index in [1.807, 2.05) is 41.9 Å². The molecule has 2 nitrogen and oxygen atoms in total. The fraction of sp³-hybridized carbons (Fsp3) is 0.182. The summed E-state index contributed by atoms with van der Waals surface area (Å²) in [6.45, 7) is 6.16. The lowest BCUT2D eigenvalue weighted by molar-refractivity contribution is 0.477. The number of nitrogens with one attached hydrogen (secondary N) is 1. The summed E-state index contributed by atoms with van der Waals surface area (Å²) in [6, 6.07) is 13.2. The van der Waals surface area contributed by atoms with Gasteiger partial charge in [0.1, 0.15) is 10.1 Å². The Morgan fingerprint density at radius 2 is 1.96 bits per heavy atom. The molecule has 0 bridgehead atoms. The number of halogens is 3. The number of aromatic hydroxyl groups is 1. The topological polar surface area (TPSA) is 32.3 Å². The number of phenolic OH excluding ortho intramolecular Hbond substituents is 1. The van der Waals surface area contributed by atoms with Crippen LogP contribution in [0.25, 0.3) is 11.1 Å². The van der Waals surface area contributed by atoms with E-state index in [1.165, 1.54) is 0 Å². The van der Waals surface area contributed by atoms with Gasteiger partial charge >= 0.3 is 0 Å². The first kappa shape index (κ1) is 19.7. The van der Waals surface area contributed by atoms with Crippen LogP contribution in [0.5, 0.6) is 5.75 Å². The zero-order chi connectivity index (χ0) is 20.1. The maximum atomic E-state index is 10.2. The molecule has 1 aliphatic carbocycles. The number of benzene rings is 2. The van der Waals surface area contributed by atoms with Crippen molar-refractivity contribution in [3.05, 3.63) is 81.7 Å². The molecule has 3 aromatic rings. The lowest BCUT2D eigenvalue weighted by Crippen LogP contribution is -2.04. The van der Waals surface area contributed by atoms with Gasteiger partial charge in [0.2, 0.25) is 0 Å². The molecule has 1 aromatic heterocycles. The summed E-state index contributed by atoms with van der Waals surface area (Å²) in [7, 11) is 0. The van der Waals surface area contributed by atoms with Crippen molar-refractivity contribution < 1.29 is 5.11 Å². The first-order valence-electron chi connectivity index (χ1n) is 8.73. The lowest BCUT2D eigenvalue weighted by atomic mass is 10.0. The van der Waals surface area contributed by atoms with Crippen molar-refractivity contribution in [1.29, 1.82) is 0 Å². The minimum absolute atomic E-state index is 0.0818. The quantitative estimate of drug-likeness (QED) is 0.310. The predicted molar refractivity (Wildman–Crippen MR) is 121 cm³/mol. The number of allylic oxidation sites excluding steroid dienone is 1. The summed E-state index contributed by atoms with van der Waals surface area (Å²) in [5.74, 6) is 0.00564. The van der Waals surface area contributed by atoms with Crippen molar-refractivity contribution in [3.8, 4) is 16.9 Å². The number of thiophene rings is 1. The van der Waals surface area contributed by atoms with Crippen LogP contribution in [-0.2, 0) is 0 Å². The Labute approximate surface area is 183 Å².